The van der Waals surface area contributed by atoms with Crippen LogP contribution in [0.5, 0.6) is 0 Å². The summed E-state index contributed by atoms with van der Waals surface area (Å²) in [5.41, 5.74) is 2.32. The highest BCUT2D eigenvalue weighted by atomic mass is 79.9. The average molecular weight is 1300 g/mol. The molecule has 0 saturated carbocycles. The molecule has 18 nitrogen and oxygen atoms in total. The topological polar surface area (TPSA) is 171 Å². The number of quaternary nitrogens is 3. The molecule has 0 aromatic rings. The first kappa shape index (κ1) is 95.4. The fourth-order valence-corrected chi connectivity index (χ4v) is 8.20. The third kappa shape index (κ3) is 58.8. The normalized spacial score (nSPS) is 11.0. The smallest absolute Gasteiger partial charge is 0.500 e. The van der Waals surface area contributed by atoms with Crippen LogP contribution >= 0.6 is 0 Å². The Bertz CT molecular complexity index is 1780. The fourth-order valence-electron chi connectivity index (χ4n) is 6.49. The number of halogens is 3. The summed E-state index contributed by atoms with van der Waals surface area (Å²) in [6.07, 6.45) is 6.99. The maximum Gasteiger partial charge on any atom is 0.500 e. The number of nitrogens with zero attached hydrogens (tertiary/aromatic N) is 5. The van der Waals surface area contributed by atoms with Crippen LogP contribution in [0.15, 0.2) is 60.8 Å². The Morgan fingerprint density at radius 1 is 0.500 bits per heavy atom. The van der Waals surface area contributed by atoms with Gasteiger partial charge in [0.2, 0.25) is 11.8 Å². The lowest BCUT2D eigenvalue weighted by Gasteiger charge is -2.31. The number of hydrogen-bond donors (Lipinski definition) is 2. The summed E-state index contributed by atoms with van der Waals surface area (Å²) in [6, 6.07) is 0.768. The van der Waals surface area contributed by atoms with Crippen LogP contribution in [-0.2, 0) is 51.5 Å². The predicted molar refractivity (Wildman–Crippen MR) is 329 cm³/mol. The SMILES string of the molecule is C=C(C)C(=O)NC(C)(C)CCN(CC)CC.C=C(C)C(=O)NCCN(CC)CC.C=C(C)C(=O)OCC[N+](C)(C)C.C=C(C)C(=O)OCC[N+](C)(C)CCCCCC.C=C(C)C(=O)OCC[N+](C)(C)CCC[Si](OC)(OC)OC.[Br-].[Cl-].[Cl-]. The first-order valence-electron chi connectivity index (χ1n) is 28.3. The minimum atomic E-state index is -2.49. The lowest BCUT2D eigenvalue weighted by molar-refractivity contribution is -0.890. The number of esters is 3. The summed E-state index contributed by atoms with van der Waals surface area (Å²) >= 11 is 0. The van der Waals surface area contributed by atoms with E-state index in [-0.39, 0.29) is 77.1 Å². The molecule has 0 saturated heterocycles. The molecule has 2 amide bonds. The van der Waals surface area contributed by atoms with Gasteiger partial charge in [-0.25, -0.2) is 14.4 Å². The lowest BCUT2D eigenvalue weighted by Crippen LogP contribution is -3.00. The summed E-state index contributed by atoms with van der Waals surface area (Å²) in [6.45, 7) is 53.7. The van der Waals surface area contributed by atoms with E-state index in [1.165, 1.54) is 25.7 Å². The van der Waals surface area contributed by atoms with Crippen LogP contribution in [0.3, 0.4) is 0 Å². The second-order valence-electron chi connectivity index (χ2n) is 22.9. The Balaban J connectivity index is -0.000000140. The van der Waals surface area contributed by atoms with Crippen LogP contribution in [0.4, 0.5) is 0 Å². The van der Waals surface area contributed by atoms with Gasteiger partial charge in [0.15, 0.2) is 0 Å². The molecular formula is C60H122BrCl2N7O11Si. The van der Waals surface area contributed by atoms with Gasteiger partial charge >= 0.3 is 26.7 Å². The second-order valence-corrected chi connectivity index (χ2v) is 26.0. The van der Waals surface area contributed by atoms with Crippen molar-refractivity contribution in [3.05, 3.63) is 60.8 Å². The van der Waals surface area contributed by atoms with E-state index in [0.717, 1.165) is 104 Å². The minimum Gasteiger partial charge on any atom is -1.00 e. The molecule has 2 N–H and O–H groups in total. The fraction of sp³-hybridized carbons (Fsp3) is 0.750. The largest absolute Gasteiger partial charge is 1.00 e. The van der Waals surface area contributed by atoms with Crippen molar-refractivity contribution in [2.75, 3.05) is 169 Å². The van der Waals surface area contributed by atoms with Crippen molar-refractivity contribution < 1.29 is 107 Å². The number of hydrogen-bond acceptors (Lipinski definition) is 13. The number of nitrogens with one attached hydrogen (secondary N) is 2. The lowest BCUT2D eigenvalue weighted by atomic mass is 9.99. The number of ether oxygens (including phenoxy) is 3. The third-order valence-corrected chi connectivity index (χ3v) is 15.3. The van der Waals surface area contributed by atoms with Crippen LogP contribution in [0.25, 0.3) is 0 Å². The van der Waals surface area contributed by atoms with Gasteiger partial charge in [0.05, 0.1) is 62.4 Å². The Morgan fingerprint density at radius 3 is 1.17 bits per heavy atom. The van der Waals surface area contributed by atoms with Gasteiger partial charge < -0.3 is 103 Å². The number of likely N-dealkylation sites (N-methyl/N-ethyl adjacent to an activating group) is 4. The van der Waals surface area contributed by atoms with E-state index in [0.29, 0.717) is 54.2 Å². The molecule has 82 heavy (non-hydrogen) atoms. The van der Waals surface area contributed by atoms with Gasteiger partial charge in [-0.3, -0.25) is 9.59 Å². The zero-order valence-corrected chi connectivity index (χ0v) is 60.1. The Kier molecular flexibility index (Phi) is 62.2. The molecule has 0 aliphatic carbocycles. The third-order valence-electron chi connectivity index (χ3n) is 12.5. The maximum atomic E-state index is 11.5. The second kappa shape index (κ2) is 53.5. The van der Waals surface area contributed by atoms with Crippen molar-refractivity contribution in [2.24, 2.45) is 0 Å². The zero-order valence-electron chi connectivity index (χ0n) is 56.0. The summed E-state index contributed by atoms with van der Waals surface area (Å²) in [5, 5.41) is 5.80. The molecular weight excluding hydrogens is 1170 g/mol. The molecule has 0 aliphatic heterocycles. The van der Waals surface area contributed by atoms with Gasteiger partial charge in [-0.2, -0.15) is 0 Å². The Labute approximate surface area is 525 Å². The number of unbranched alkanes of at least 4 members (excludes halogenated alkanes) is 3. The van der Waals surface area contributed by atoms with Crippen LogP contribution in [0.1, 0.15) is 122 Å². The van der Waals surface area contributed by atoms with Gasteiger partial charge in [0.25, 0.3) is 0 Å². The van der Waals surface area contributed by atoms with Crippen LogP contribution in [0, 0.1) is 0 Å². The number of amides is 2. The number of carbonyl (C=O) groups excluding carboxylic acids is 5. The highest BCUT2D eigenvalue weighted by Gasteiger charge is 2.38. The van der Waals surface area contributed by atoms with Crippen molar-refractivity contribution in [1.29, 1.82) is 0 Å². The molecule has 0 heterocycles. The summed E-state index contributed by atoms with van der Waals surface area (Å²) < 4.78 is 33.8. The predicted octanol–water partition coefficient (Wildman–Crippen LogP) is -0.754. The zero-order chi connectivity index (χ0) is 62.6. The molecule has 0 bridgehead atoms. The van der Waals surface area contributed by atoms with E-state index in [1.807, 2.05) is 0 Å². The standard InChI is InChI=1S/C14H30NO5Si.C14H28NO2.C13H26N2O.C10H20N2O.C9H18NO2.BrH.2ClH/c1-13(2)14(16)20-11-10-15(3,4)9-8-12-21(17-5,18-6)19-7;1-6-7-8-9-10-15(4,5)11-12-17-14(16)13(2)3;1-7-15(8-2)10-9-13(5,6)14-12(16)11(3)4;1-5-12(6-2)8-7-11-10(13)9(3)4;1-8(2)9(11)12-7-6-10(3,4)5;;;/h1,8-12H2,2-7H3;2,6-12H2,1,3-5H3;3,7-10H2,1-2,4-6H3,(H,14,16);3,5-8H2,1-2,4H3,(H,11,13);1,6-7H2,2-5H3;3*1H/q2*+1;;;+1;;;/p-3. The van der Waals surface area contributed by atoms with E-state index in [1.54, 1.807) is 55.9 Å². The number of rotatable bonds is 37. The van der Waals surface area contributed by atoms with Crippen molar-refractivity contribution >= 4 is 38.5 Å². The van der Waals surface area contributed by atoms with Gasteiger partial charge in [0.1, 0.15) is 39.5 Å². The van der Waals surface area contributed by atoms with Gasteiger partial charge in [0, 0.05) is 86.8 Å². The van der Waals surface area contributed by atoms with Crippen LogP contribution < -0.4 is 52.4 Å². The summed E-state index contributed by atoms with van der Waals surface area (Å²) in [5.74, 6) is -1.02. The van der Waals surface area contributed by atoms with E-state index in [2.05, 4.69) is 151 Å². The summed E-state index contributed by atoms with van der Waals surface area (Å²) in [7, 11) is 17.1. The molecule has 0 spiro atoms. The molecule has 0 radical (unpaired) electrons. The molecule has 0 aliphatic rings. The maximum absolute atomic E-state index is 11.5. The molecule has 0 atom stereocenters. The highest BCUT2D eigenvalue weighted by Crippen LogP contribution is 2.17. The van der Waals surface area contributed by atoms with Gasteiger partial charge in [-0.1, -0.05) is 80.4 Å². The van der Waals surface area contributed by atoms with Crippen molar-refractivity contribution in [1.82, 2.24) is 20.4 Å². The molecule has 488 valence electrons. The Hall–Kier alpha value is -2.99. The van der Waals surface area contributed by atoms with E-state index in [4.69, 9.17) is 27.5 Å². The van der Waals surface area contributed by atoms with Crippen molar-refractivity contribution in [2.45, 2.75) is 133 Å². The Morgan fingerprint density at radius 2 is 0.854 bits per heavy atom. The molecule has 22 heteroatoms. The molecule has 0 aromatic heterocycles. The number of carbonyl (C=O) groups is 5. The van der Waals surface area contributed by atoms with Crippen molar-refractivity contribution in [3.63, 3.8) is 0 Å². The molecule has 0 rings (SSSR count). The first-order valence-corrected chi connectivity index (χ1v) is 30.2. The van der Waals surface area contributed by atoms with Gasteiger partial charge in [-0.05, 0) is 93.9 Å². The average Bonchev–Trinajstić information content (AvgIpc) is 3.35. The van der Waals surface area contributed by atoms with E-state index >= 15 is 0 Å². The highest BCUT2D eigenvalue weighted by molar-refractivity contribution is 6.60. The molecule has 0 fully saturated rings. The van der Waals surface area contributed by atoms with Crippen LogP contribution in [-0.4, -0.2) is 236 Å². The minimum absolute atomic E-state index is 0. The summed E-state index contributed by atoms with van der Waals surface area (Å²) in [4.78, 5) is 60.6. The monoisotopic (exact) mass is 1290 g/mol. The van der Waals surface area contributed by atoms with E-state index in [9.17, 15) is 24.0 Å². The van der Waals surface area contributed by atoms with Crippen molar-refractivity contribution in [3.8, 4) is 0 Å². The quantitative estimate of drug-likeness (QED) is 0.0199. The first-order chi connectivity index (χ1) is 36.4. The van der Waals surface area contributed by atoms with Crippen LogP contribution in [0.2, 0.25) is 6.04 Å². The van der Waals surface area contributed by atoms with Gasteiger partial charge in [-0.15, -0.1) is 0 Å². The molecule has 0 unspecified atom stereocenters. The molecule has 0 aromatic carbocycles. The van der Waals surface area contributed by atoms with E-state index < -0.39 is 8.80 Å².